The molecule has 0 aliphatic rings. The van der Waals surface area contributed by atoms with Crippen LogP contribution in [-0.2, 0) is 6.54 Å². The molecule has 2 aromatic rings. The van der Waals surface area contributed by atoms with Crippen LogP contribution in [-0.4, -0.2) is 48.3 Å². The Bertz CT molecular complexity index is 682. The van der Waals surface area contributed by atoms with Crippen molar-refractivity contribution in [3.05, 3.63) is 35.5 Å². The lowest BCUT2D eigenvalue weighted by molar-refractivity contribution is 0.102. The molecule has 0 aliphatic carbocycles. The van der Waals surface area contributed by atoms with Crippen molar-refractivity contribution in [3.8, 4) is 11.5 Å². The Morgan fingerprint density at radius 3 is 2.54 bits per heavy atom. The summed E-state index contributed by atoms with van der Waals surface area (Å²) in [5.41, 5.74) is 1.41. The first kappa shape index (κ1) is 17.8. The smallest absolute Gasteiger partial charge is 0.257 e. The fraction of sp³-hybridized carbons (Fsp3) is 0.412. The first-order valence-corrected chi connectivity index (χ1v) is 7.93. The SMILES string of the molecule is CCOc1ccc(C(=O)Nc2cc(CN(C)C)[nH]n2)cc1OCC. The molecular weight excluding hydrogens is 308 g/mol. The van der Waals surface area contributed by atoms with Crippen LogP contribution in [0.2, 0.25) is 0 Å². The highest BCUT2D eigenvalue weighted by atomic mass is 16.5. The van der Waals surface area contributed by atoms with Crippen molar-refractivity contribution in [1.82, 2.24) is 15.1 Å². The maximum atomic E-state index is 12.4. The molecule has 0 spiro atoms. The highest BCUT2D eigenvalue weighted by Crippen LogP contribution is 2.28. The van der Waals surface area contributed by atoms with E-state index in [-0.39, 0.29) is 5.91 Å². The lowest BCUT2D eigenvalue weighted by Crippen LogP contribution is -2.13. The molecule has 0 bridgehead atoms. The summed E-state index contributed by atoms with van der Waals surface area (Å²) in [5.74, 6) is 1.43. The lowest BCUT2D eigenvalue weighted by atomic mass is 10.2. The second-order valence-electron chi connectivity index (χ2n) is 5.50. The molecule has 1 heterocycles. The van der Waals surface area contributed by atoms with Gasteiger partial charge in [-0.2, -0.15) is 5.10 Å². The van der Waals surface area contributed by atoms with E-state index in [4.69, 9.17) is 9.47 Å². The highest BCUT2D eigenvalue weighted by Gasteiger charge is 2.13. The zero-order valence-corrected chi connectivity index (χ0v) is 14.5. The normalized spacial score (nSPS) is 10.7. The third-order valence-corrected chi connectivity index (χ3v) is 3.16. The third kappa shape index (κ3) is 4.73. The summed E-state index contributed by atoms with van der Waals surface area (Å²) in [6, 6.07) is 6.94. The summed E-state index contributed by atoms with van der Waals surface area (Å²) in [7, 11) is 3.93. The zero-order chi connectivity index (χ0) is 17.5. The minimum Gasteiger partial charge on any atom is -0.490 e. The van der Waals surface area contributed by atoms with Gasteiger partial charge in [-0.3, -0.25) is 9.89 Å². The standard InChI is InChI=1S/C17H24N4O3/c1-5-23-14-8-7-12(9-15(14)24-6-2)17(22)18-16-10-13(19-20-16)11-21(3)4/h7-10H,5-6,11H2,1-4H3,(H2,18,19,20,22). The van der Waals surface area contributed by atoms with Gasteiger partial charge in [0.1, 0.15) is 0 Å². The number of carbonyl (C=O) groups excluding carboxylic acids is 1. The number of anilines is 1. The number of carbonyl (C=O) groups is 1. The van der Waals surface area contributed by atoms with Gasteiger partial charge in [-0.1, -0.05) is 0 Å². The fourth-order valence-electron chi connectivity index (χ4n) is 2.23. The second-order valence-corrected chi connectivity index (χ2v) is 5.50. The molecule has 2 N–H and O–H groups in total. The van der Waals surface area contributed by atoms with E-state index in [9.17, 15) is 4.79 Å². The van der Waals surface area contributed by atoms with Crippen LogP contribution < -0.4 is 14.8 Å². The van der Waals surface area contributed by atoms with Gasteiger partial charge in [0.25, 0.3) is 5.91 Å². The average Bonchev–Trinajstić information content (AvgIpc) is 2.95. The molecule has 0 radical (unpaired) electrons. The summed E-state index contributed by atoms with van der Waals surface area (Å²) < 4.78 is 11.1. The number of benzene rings is 1. The van der Waals surface area contributed by atoms with Crippen molar-refractivity contribution >= 4 is 11.7 Å². The number of nitrogens with zero attached hydrogens (tertiary/aromatic N) is 2. The van der Waals surface area contributed by atoms with E-state index in [1.807, 2.05) is 38.9 Å². The molecule has 130 valence electrons. The molecule has 7 heteroatoms. The van der Waals surface area contributed by atoms with Crippen molar-refractivity contribution in [2.45, 2.75) is 20.4 Å². The Morgan fingerprint density at radius 1 is 1.17 bits per heavy atom. The van der Waals surface area contributed by atoms with Gasteiger partial charge >= 0.3 is 0 Å². The molecule has 2 rings (SSSR count). The van der Waals surface area contributed by atoms with E-state index >= 15 is 0 Å². The van der Waals surface area contributed by atoms with Gasteiger partial charge in [-0.25, -0.2) is 0 Å². The predicted molar refractivity (Wildman–Crippen MR) is 92.7 cm³/mol. The number of nitrogens with one attached hydrogen (secondary N) is 2. The second kappa shape index (κ2) is 8.35. The first-order chi connectivity index (χ1) is 11.5. The van der Waals surface area contributed by atoms with E-state index in [2.05, 4.69) is 15.5 Å². The molecule has 0 unspecified atom stereocenters. The van der Waals surface area contributed by atoms with Crippen LogP contribution in [0, 0.1) is 0 Å². The minimum atomic E-state index is -0.248. The summed E-state index contributed by atoms with van der Waals surface area (Å²) in [6.07, 6.45) is 0. The minimum absolute atomic E-state index is 0.248. The molecule has 1 aromatic heterocycles. The van der Waals surface area contributed by atoms with Gasteiger partial charge in [0, 0.05) is 18.2 Å². The van der Waals surface area contributed by atoms with E-state index in [1.165, 1.54) is 0 Å². The quantitative estimate of drug-likeness (QED) is 0.776. The number of H-pyrrole nitrogens is 1. The van der Waals surface area contributed by atoms with Crippen LogP contribution in [0.15, 0.2) is 24.3 Å². The monoisotopic (exact) mass is 332 g/mol. The zero-order valence-electron chi connectivity index (χ0n) is 14.5. The van der Waals surface area contributed by atoms with Crippen molar-refractivity contribution in [2.75, 3.05) is 32.6 Å². The van der Waals surface area contributed by atoms with Crippen LogP contribution >= 0.6 is 0 Å². The Kier molecular flexibility index (Phi) is 6.20. The first-order valence-electron chi connectivity index (χ1n) is 7.93. The van der Waals surface area contributed by atoms with Gasteiger partial charge in [0.05, 0.1) is 18.9 Å². The Hall–Kier alpha value is -2.54. The Labute approximate surface area is 142 Å². The topological polar surface area (TPSA) is 79.5 Å². The van der Waals surface area contributed by atoms with Crippen LogP contribution in [0.5, 0.6) is 11.5 Å². The number of amides is 1. The van der Waals surface area contributed by atoms with Gasteiger partial charge in [0.15, 0.2) is 17.3 Å². The van der Waals surface area contributed by atoms with Gasteiger partial charge in [-0.05, 0) is 46.1 Å². The number of hydrogen-bond acceptors (Lipinski definition) is 5. The predicted octanol–water partition coefficient (Wildman–Crippen LogP) is 2.52. The largest absolute Gasteiger partial charge is 0.490 e. The van der Waals surface area contributed by atoms with Gasteiger partial charge in [-0.15, -0.1) is 0 Å². The Morgan fingerprint density at radius 2 is 1.88 bits per heavy atom. The highest BCUT2D eigenvalue weighted by molar-refractivity contribution is 6.04. The number of aromatic nitrogens is 2. The lowest BCUT2D eigenvalue weighted by Gasteiger charge is -2.12. The molecule has 0 aliphatic heterocycles. The van der Waals surface area contributed by atoms with Crippen LogP contribution in [0.25, 0.3) is 0 Å². The molecule has 0 saturated heterocycles. The molecule has 7 nitrogen and oxygen atoms in total. The van der Waals surface area contributed by atoms with E-state index in [0.29, 0.717) is 36.1 Å². The maximum absolute atomic E-state index is 12.4. The molecule has 0 fully saturated rings. The number of rotatable bonds is 8. The summed E-state index contributed by atoms with van der Waals surface area (Å²) in [6.45, 7) is 5.55. The van der Waals surface area contributed by atoms with Crippen molar-refractivity contribution in [1.29, 1.82) is 0 Å². The average molecular weight is 332 g/mol. The van der Waals surface area contributed by atoms with Crippen molar-refractivity contribution in [2.24, 2.45) is 0 Å². The molecule has 24 heavy (non-hydrogen) atoms. The summed E-state index contributed by atoms with van der Waals surface area (Å²) in [4.78, 5) is 14.4. The van der Waals surface area contributed by atoms with E-state index in [0.717, 1.165) is 12.2 Å². The number of aromatic amines is 1. The van der Waals surface area contributed by atoms with Crippen molar-refractivity contribution < 1.29 is 14.3 Å². The van der Waals surface area contributed by atoms with E-state index < -0.39 is 0 Å². The molecular formula is C17H24N4O3. The van der Waals surface area contributed by atoms with Crippen molar-refractivity contribution in [3.63, 3.8) is 0 Å². The number of ether oxygens (including phenoxy) is 2. The summed E-state index contributed by atoms with van der Waals surface area (Å²) in [5, 5.41) is 9.78. The molecule has 0 saturated carbocycles. The number of hydrogen-bond donors (Lipinski definition) is 2. The molecule has 0 atom stereocenters. The van der Waals surface area contributed by atoms with Gasteiger partial charge in [0.2, 0.25) is 0 Å². The molecule has 1 amide bonds. The van der Waals surface area contributed by atoms with Gasteiger partial charge < -0.3 is 19.7 Å². The van der Waals surface area contributed by atoms with Crippen LogP contribution in [0.4, 0.5) is 5.82 Å². The van der Waals surface area contributed by atoms with Crippen LogP contribution in [0.3, 0.4) is 0 Å². The Balaban J connectivity index is 2.11. The maximum Gasteiger partial charge on any atom is 0.257 e. The third-order valence-electron chi connectivity index (χ3n) is 3.16. The van der Waals surface area contributed by atoms with E-state index in [1.54, 1.807) is 18.2 Å². The molecule has 1 aromatic carbocycles. The van der Waals surface area contributed by atoms with Crippen LogP contribution in [0.1, 0.15) is 29.9 Å². The fourth-order valence-corrected chi connectivity index (χ4v) is 2.23. The summed E-state index contributed by atoms with van der Waals surface area (Å²) >= 11 is 0.